The number of thioether (sulfide) groups is 1. The highest BCUT2D eigenvalue weighted by atomic mass is 35.5. The molecule has 4 aromatic rings. The lowest BCUT2D eigenvalue weighted by Crippen LogP contribution is -2.20. The van der Waals surface area contributed by atoms with Crippen molar-refractivity contribution in [3.05, 3.63) is 75.7 Å². The van der Waals surface area contributed by atoms with Gasteiger partial charge in [0.2, 0.25) is 5.78 Å². The monoisotopic (exact) mass is 383 g/mol. The summed E-state index contributed by atoms with van der Waals surface area (Å²) in [5.41, 5.74) is 2.65. The number of hydrogen-bond donors (Lipinski definition) is 0. The molecule has 6 heteroatoms. The van der Waals surface area contributed by atoms with Gasteiger partial charge in [0, 0.05) is 34.0 Å². The first-order valence-corrected chi connectivity index (χ1v) is 9.92. The van der Waals surface area contributed by atoms with E-state index in [1.54, 1.807) is 22.2 Å². The van der Waals surface area contributed by atoms with Crippen molar-refractivity contribution in [3.63, 3.8) is 0 Å². The van der Waals surface area contributed by atoms with E-state index < -0.39 is 0 Å². The van der Waals surface area contributed by atoms with Crippen LogP contribution in [0.2, 0.25) is 5.02 Å². The Morgan fingerprint density at radius 1 is 1.12 bits per heavy atom. The number of aromatic nitrogens is 3. The summed E-state index contributed by atoms with van der Waals surface area (Å²) < 4.78 is 3.87. The minimum Gasteiger partial charge on any atom is -0.314 e. The number of imidazole rings is 1. The van der Waals surface area contributed by atoms with Crippen LogP contribution in [0.3, 0.4) is 0 Å². The van der Waals surface area contributed by atoms with Crippen molar-refractivity contribution < 1.29 is 0 Å². The fourth-order valence-electron chi connectivity index (χ4n) is 3.10. The largest absolute Gasteiger partial charge is 0.314 e. The number of nitrogens with zero attached hydrogens (tertiary/aromatic N) is 3. The highest BCUT2D eigenvalue weighted by Gasteiger charge is 2.14. The van der Waals surface area contributed by atoms with Crippen LogP contribution in [0.15, 0.2) is 64.3 Å². The molecule has 0 aliphatic rings. The van der Waals surface area contributed by atoms with E-state index in [1.807, 2.05) is 48.5 Å². The number of benzene rings is 2. The Hall–Kier alpha value is -2.24. The highest BCUT2D eigenvalue weighted by molar-refractivity contribution is 7.98. The lowest BCUT2D eigenvalue weighted by atomic mass is 10.3. The smallest absolute Gasteiger partial charge is 0.259 e. The van der Waals surface area contributed by atoms with Crippen LogP contribution in [0.25, 0.3) is 16.8 Å². The number of halogens is 1. The standard InChI is InChI=1S/C20H18ClN3OS/c1-2-11-23-15(13-26-16-9-7-14(21)8-10-16)12-19(25)24-18-6-4-3-5-17(18)22-20(23)24/h3-10,12H,2,11,13H2,1H3. The molecule has 4 rings (SSSR count). The fourth-order valence-corrected chi connectivity index (χ4v) is 4.11. The van der Waals surface area contributed by atoms with E-state index in [4.69, 9.17) is 16.6 Å². The third kappa shape index (κ3) is 3.13. The molecule has 0 amide bonds. The van der Waals surface area contributed by atoms with Gasteiger partial charge in [0.1, 0.15) is 0 Å². The van der Waals surface area contributed by atoms with Crippen molar-refractivity contribution >= 4 is 40.2 Å². The molecular weight excluding hydrogens is 366 g/mol. The van der Waals surface area contributed by atoms with Crippen LogP contribution in [0.5, 0.6) is 0 Å². The average molecular weight is 384 g/mol. The van der Waals surface area contributed by atoms with Crippen molar-refractivity contribution in [2.45, 2.75) is 30.5 Å². The molecule has 2 aromatic heterocycles. The Morgan fingerprint density at radius 2 is 1.88 bits per heavy atom. The minimum atomic E-state index is -0.0345. The number of aryl methyl sites for hydroxylation is 1. The Kier molecular flexibility index (Phi) is 4.74. The SMILES string of the molecule is CCCn1c(CSc2ccc(Cl)cc2)cc(=O)n2c3ccccc3nc12. The first kappa shape index (κ1) is 17.2. The van der Waals surface area contributed by atoms with Crippen molar-refractivity contribution in [3.8, 4) is 0 Å². The van der Waals surface area contributed by atoms with E-state index in [-0.39, 0.29) is 5.56 Å². The number of para-hydroxylation sites is 2. The van der Waals surface area contributed by atoms with Crippen LogP contribution in [0.4, 0.5) is 0 Å². The van der Waals surface area contributed by atoms with E-state index >= 15 is 0 Å². The van der Waals surface area contributed by atoms with E-state index in [9.17, 15) is 4.79 Å². The zero-order valence-corrected chi connectivity index (χ0v) is 15.9. The summed E-state index contributed by atoms with van der Waals surface area (Å²) in [5.74, 6) is 1.42. The summed E-state index contributed by atoms with van der Waals surface area (Å²) in [6.07, 6.45) is 0.973. The van der Waals surface area contributed by atoms with E-state index in [0.717, 1.165) is 39.6 Å². The number of rotatable bonds is 5. The van der Waals surface area contributed by atoms with Crippen molar-refractivity contribution in [2.24, 2.45) is 0 Å². The molecule has 0 radical (unpaired) electrons. The highest BCUT2D eigenvalue weighted by Crippen LogP contribution is 2.25. The molecule has 0 saturated carbocycles. The molecule has 26 heavy (non-hydrogen) atoms. The molecule has 0 aliphatic carbocycles. The van der Waals surface area contributed by atoms with E-state index in [1.165, 1.54) is 0 Å². The first-order chi connectivity index (χ1) is 12.7. The van der Waals surface area contributed by atoms with E-state index in [0.29, 0.717) is 11.5 Å². The predicted molar refractivity (Wildman–Crippen MR) is 108 cm³/mol. The normalized spacial score (nSPS) is 11.5. The van der Waals surface area contributed by atoms with Crippen LogP contribution >= 0.6 is 23.4 Å². The van der Waals surface area contributed by atoms with Gasteiger partial charge in [0.25, 0.3) is 5.56 Å². The van der Waals surface area contributed by atoms with Crippen molar-refractivity contribution in [1.82, 2.24) is 14.0 Å². The summed E-state index contributed by atoms with van der Waals surface area (Å²) in [6.45, 7) is 2.96. The molecule has 0 aliphatic heterocycles. The molecule has 0 saturated heterocycles. The molecule has 2 aromatic carbocycles. The first-order valence-electron chi connectivity index (χ1n) is 8.55. The third-order valence-corrected chi connectivity index (χ3v) is 5.59. The molecule has 0 atom stereocenters. The average Bonchev–Trinajstić information content (AvgIpc) is 3.04. The van der Waals surface area contributed by atoms with Crippen molar-refractivity contribution in [1.29, 1.82) is 0 Å². The van der Waals surface area contributed by atoms with Crippen LogP contribution in [-0.2, 0) is 12.3 Å². The predicted octanol–water partition coefficient (Wildman–Crippen LogP) is 5.00. The number of fused-ring (bicyclic) bond motifs is 3. The second kappa shape index (κ2) is 7.17. The maximum atomic E-state index is 12.8. The molecule has 0 N–H and O–H groups in total. The van der Waals surface area contributed by atoms with Crippen LogP contribution in [0.1, 0.15) is 19.0 Å². The van der Waals surface area contributed by atoms with Gasteiger partial charge in [0.15, 0.2) is 0 Å². The topological polar surface area (TPSA) is 39.3 Å². The van der Waals surface area contributed by atoms with Gasteiger partial charge in [-0.3, -0.25) is 4.79 Å². The van der Waals surface area contributed by atoms with Gasteiger partial charge in [-0.15, -0.1) is 11.8 Å². The third-order valence-electron chi connectivity index (χ3n) is 4.29. The Morgan fingerprint density at radius 3 is 2.65 bits per heavy atom. The van der Waals surface area contributed by atoms with Gasteiger partial charge >= 0.3 is 0 Å². The van der Waals surface area contributed by atoms with E-state index in [2.05, 4.69) is 11.5 Å². The number of hydrogen-bond acceptors (Lipinski definition) is 3. The van der Waals surface area contributed by atoms with Gasteiger partial charge in [-0.05, 0) is 42.8 Å². The Labute approximate surface area is 160 Å². The minimum absolute atomic E-state index is 0.0345. The lowest BCUT2D eigenvalue weighted by Gasteiger charge is -2.14. The molecule has 0 fully saturated rings. The van der Waals surface area contributed by atoms with Gasteiger partial charge in [-0.1, -0.05) is 30.7 Å². The molecule has 0 unspecified atom stereocenters. The summed E-state index contributed by atoms with van der Waals surface area (Å²) in [5, 5.41) is 0.725. The van der Waals surface area contributed by atoms with Crippen LogP contribution < -0.4 is 5.56 Å². The zero-order chi connectivity index (χ0) is 18.1. The molecule has 0 bridgehead atoms. The van der Waals surface area contributed by atoms with Crippen LogP contribution in [-0.4, -0.2) is 14.0 Å². The van der Waals surface area contributed by atoms with Gasteiger partial charge in [-0.2, -0.15) is 0 Å². The lowest BCUT2D eigenvalue weighted by molar-refractivity contribution is 0.654. The quantitative estimate of drug-likeness (QED) is 0.455. The van der Waals surface area contributed by atoms with Crippen LogP contribution in [0, 0.1) is 0 Å². The molecule has 0 spiro atoms. The maximum Gasteiger partial charge on any atom is 0.259 e. The van der Waals surface area contributed by atoms with Crippen molar-refractivity contribution in [2.75, 3.05) is 0 Å². The molecule has 2 heterocycles. The molecular formula is C20H18ClN3OS. The summed E-state index contributed by atoms with van der Waals surface area (Å²) in [7, 11) is 0. The Balaban J connectivity index is 1.80. The fraction of sp³-hybridized carbons (Fsp3) is 0.200. The summed E-state index contributed by atoms with van der Waals surface area (Å²) >= 11 is 7.65. The maximum absolute atomic E-state index is 12.8. The summed E-state index contributed by atoms with van der Waals surface area (Å²) in [4.78, 5) is 18.6. The molecule has 132 valence electrons. The second-order valence-corrected chi connectivity index (χ2v) is 7.59. The zero-order valence-electron chi connectivity index (χ0n) is 14.4. The second-order valence-electron chi connectivity index (χ2n) is 6.10. The van der Waals surface area contributed by atoms with Gasteiger partial charge in [-0.25, -0.2) is 9.38 Å². The molecule has 4 nitrogen and oxygen atoms in total. The van der Waals surface area contributed by atoms with Gasteiger partial charge < -0.3 is 4.57 Å². The Bertz CT molecular complexity index is 1130. The summed E-state index contributed by atoms with van der Waals surface area (Å²) in [6, 6.07) is 17.3. The van der Waals surface area contributed by atoms with Gasteiger partial charge in [0.05, 0.1) is 11.0 Å².